The first-order chi connectivity index (χ1) is 10.3. The van der Waals surface area contributed by atoms with Crippen molar-refractivity contribution in [3.05, 3.63) is 45.7 Å². The molecule has 120 valence electrons. The van der Waals surface area contributed by atoms with Gasteiger partial charge in [-0.1, -0.05) is 11.6 Å². The highest BCUT2D eigenvalue weighted by molar-refractivity contribution is 6.37. The lowest BCUT2D eigenvalue weighted by Gasteiger charge is -2.10. The van der Waals surface area contributed by atoms with Crippen LogP contribution in [0.3, 0.4) is 0 Å². The molecule has 0 aromatic heterocycles. The van der Waals surface area contributed by atoms with Crippen molar-refractivity contribution >= 4 is 23.4 Å². The van der Waals surface area contributed by atoms with Gasteiger partial charge in [0.1, 0.15) is 23.5 Å². The average molecular weight is 333 g/mol. The third kappa shape index (κ3) is 3.82. The zero-order valence-corrected chi connectivity index (χ0v) is 13.1. The summed E-state index contributed by atoms with van der Waals surface area (Å²) in [5.74, 6) is -3.93. The number of esters is 1. The van der Waals surface area contributed by atoms with Gasteiger partial charge < -0.3 is 9.47 Å². The van der Waals surface area contributed by atoms with E-state index in [0.717, 1.165) is 12.3 Å². The van der Waals surface area contributed by atoms with E-state index in [2.05, 4.69) is 0 Å². The molecule has 1 aromatic carbocycles. The fourth-order valence-electron chi connectivity index (χ4n) is 1.57. The van der Waals surface area contributed by atoms with Crippen LogP contribution in [-0.2, 0) is 14.3 Å². The van der Waals surface area contributed by atoms with Gasteiger partial charge in [0.15, 0.2) is 0 Å². The van der Waals surface area contributed by atoms with Crippen molar-refractivity contribution in [1.29, 1.82) is 0 Å². The molecule has 0 heterocycles. The predicted octanol–water partition coefficient (Wildman–Crippen LogP) is 3.59. The number of Topliss-reactive ketones (excluding diaryl/α,β-unsaturated/α-hetero) is 1. The quantitative estimate of drug-likeness (QED) is 0.152. The molecule has 0 fully saturated rings. The van der Waals surface area contributed by atoms with Gasteiger partial charge in [-0.2, -0.15) is 0 Å². The summed E-state index contributed by atoms with van der Waals surface area (Å²) in [5.41, 5.74) is -1.28. The van der Waals surface area contributed by atoms with E-state index in [0.29, 0.717) is 0 Å². The van der Waals surface area contributed by atoms with Crippen LogP contribution >= 0.6 is 11.6 Å². The molecular weight excluding hydrogens is 318 g/mol. The maximum Gasteiger partial charge on any atom is 0.345 e. The number of halogens is 3. The van der Waals surface area contributed by atoms with Crippen LogP contribution in [0.5, 0.6) is 0 Å². The summed E-state index contributed by atoms with van der Waals surface area (Å²) in [6.45, 7) is 4.61. The van der Waals surface area contributed by atoms with Crippen molar-refractivity contribution in [3.8, 4) is 0 Å². The molecule has 0 unspecified atom stereocenters. The molecule has 0 saturated heterocycles. The van der Waals surface area contributed by atoms with Crippen LogP contribution in [0.4, 0.5) is 8.78 Å². The molecule has 0 aliphatic rings. The highest BCUT2D eigenvalue weighted by Gasteiger charge is 2.27. The van der Waals surface area contributed by atoms with Gasteiger partial charge in [-0.25, -0.2) is 13.6 Å². The Bertz CT molecular complexity index is 626. The van der Waals surface area contributed by atoms with Crippen molar-refractivity contribution in [2.75, 3.05) is 13.2 Å². The summed E-state index contributed by atoms with van der Waals surface area (Å²) in [4.78, 5) is 24.1. The Kier molecular flexibility index (Phi) is 6.49. The third-order valence-corrected chi connectivity index (χ3v) is 3.11. The summed E-state index contributed by atoms with van der Waals surface area (Å²) in [7, 11) is 0. The Labute approximate surface area is 131 Å². The fraction of sp³-hybridized carbons (Fsp3) is 0.333. The SMILES string of the molecule is CCO/C=C(\C(=O)OCC)C(=O)c1cc(F)c(C)c(F)c1Cl. The minimum absolute atomic E-state index is 0.0277. The van der Waals surface area contributed by atoms with Crippen LogP contribution in [-0.4, -0.2) is 25.0 Å². The van der Waals surface area contributed by atoms with Gasteiger partial charge in [-0.05, 0) is 26.8 Å². The van der Waals surface area contributed by atoms with E-state index in [-0.39, 0.29) is 18.8 Å². The topological polar surface area (TPSA) is 52.6 Å². The number of ether oxygens (including phenoxy) is 2. The lowest BCUT2D eigenvalue weighted by molar-refractivity contribution is -0.138. The molecule has 4 nitrogen and oxygen atoms in total. The van der Waals surface area contributed by atoms with E-state index < -0.39 is 39.5 Å². The Morgan fingerprint density at radius 3 is 2.45 bits per heavy atom. The Morgan fingerprint density at radius 2 is 1.91 bits per heavy atom. The standard InChI is InChI=1S/C15H15ClF2O4/c1-4-21-7-10(15(20)22-5-2)14(19)9-6-11(17)8(3)13(18)12(9)16/h6-7H,4-5H2,1-3H3/b10-7-. The van der Waals surface area contributed by atoms with Gasteiger partial charge in [0.2, 0.25) is 5.78 Å². The first kappa shape index (κ1) is 18.1. The second-order valence-electron chi connectivity index (χ2n) is 4.20. The van der Waals surface area contributed by atoms with Crippen LogP contribution in [0.15, 0.2) is 17.9 Å². The molecule has 0 atom stereocenters. The maximum atomic E-state index is 13.8. The van der Waals surface area contributed by atoms with Gasteiger partial charge >= 0.3 is 5.97 Å². The number of carbonyl (C=O) groups excluding carboxylic acids is 2. The van der Waals surface area contributed by atoms with Crippen LogP contribution in [0.1, 0.15) is 29.8 Å². The maximum absolute atomic E-state index is 13.8. The molecular formula is C15H15ClF2O4. The van der Waals surface area contributed by atoms with Gasteiger partial charge in [0, 0.05) is 11.1 Å². The summed E-state index contributed by atoms with van der Waals surface area (Å²) in [5, 5.41) is -0.560. The predicted molar refractivity (Wildman–Crippen MR) is 76.8 cm³/mol. The average Bonchev–Trinajstić information content (AvgIpc) is 2.49. The molecule has 0 amide bonds. The number of hydrogen-bond acceptors (Lipinski definition) is 4. The van der Waals surface area contributed by atoms with Gasteiger partial charge in [0.25, 0.3) is 0 Å². The van der Waals surface area contributed by atoms with Gasteiger partial charge in [0.05, 0.1) is 18.2 Å². The number of rotatable bonds is 6. The molecule has 1 rings (SSSR count). The monoisotopic (exact) mass is 332 g/mol. The van der Waals surface area contributed by atoms with E-state index in [9.17, 15) is 18.4 Å². The minimum atomic E-state index is -1.05. The molecule has 22 heavy (non-hydrogen) atoms. The summed E-state index contributed by atoms with van der Waals surface area (Å²) in [6.07, 6.45) is 0.895. The molecule has 0 saturated carbocycles. The Morgan fingerprint density at radius 1 is 1.27 bits per heavy atom. The number of ketones is 1. The van der Waals surface area contributed by atoms with Crippen molar-refractivity contribution in [3.63, 3.8) is 0 Å². The first-order valence-electron chi connectivity index (χ1n) is 6.52. The summed E-state index contributed by atoms with van der Waals surface area (Å²) < 4.78 is 37.1. The first-order valence-corrected chi connectivity index (χ1v) is 6.90. The second-order valence-corrected chi connectivity index (χ2v) is 4.57. The van der Waals surface area contributed by atoms with Crippen LogP contribution in [0, 0.1) is 18.6 Å². The zero-order valence-electron chi connectivity index (χ0n) is 12.3. The second kappa shape index (κ2) is 7.89. The van der Waals surface area contributed by atoms with E-state index in [1.165, 1.54) is 6.92 Å². The van der Waals surface area contributed by atoms with E-state index in [1.54, 1.807) is 13.8 Å². The zero-order chi connectivity index (χ0) is 16.9. The summed E-state index contributed by atoms with van der Waals surface area (Å²) in [6, 6.07) is 0.780. The molecule has 0 aliphatic carbocycles. The number of hydrogen-bond donors (Lipinski definition) is 0. The van der Waals surface area contributed by atoms with E-state index in [1.807, 2.05) is 0 Å². The highest BCUT2D eigenvalue weighted by Crippen LogP contribution is 2.27. The Hall–Kier alpha value is -1.95. The number of carbonyl (C=O) groups is 2. The molecule has 0 N–H and O–H groups in total. The van der Waals surface area contributed by atoms with Gasteiger partial charge in [-0.3, -0.25) is 4.79 Å². The lowest BCUT2D eigenvalue weighted by atomic mass is 10.0. The highest BCUT2D eigenvalue weighted by atomic mass is 35.5. The van der Waals surface area contributed by atoms with Crippen LogP contribution < -0.4 is 0 Å². The van der Waals surface area contributed by atoms with Crippen molar-refractivity contribution < 1.29 is 27.8 Å². The third-order valence-electron chi connectivity index (χ3n) is 2.74. The van der Waals surface area contributed by atoms with E-state index in [4.69, 9.17) is 21.1 Å². The van der Waals surface area contributed by atoms with Crippen molar-refractivity contribution in [2.24, 2.45) is 0 Å². The lowest BCUT2D eigenvalue weighted by Crippen LogP contribution is -2.18. The fourth-order valence-corrected chi connectivity index (χ4v) is 1.85. The van der Waals surface area contributed by atoms with E-state index >= 15 is 0 Å². The molecule has 7 heteroatoms. The molecule has 0 bridgehead atoms. The smallest absolute Gasteiger partial charge is 0.345 e. The molecule has 0 aliphatic heterocycles. The number of benzene rings is 1. The molecule has 0 spiro atoms. The normalized spacial score (nSPS) is 11.3. The van der Waals surface area contributed by atoms with Crippen molar-refractivity contribution in [1.82, 2.24) is 0 Å². The largest absolute Gasteiger partial charge is 0.500 e. The van der Waals surface area contributed by atoms with Crippen LogP contribution in [0.2, 0.25) is 5.02 Å². The van der Waals surface area contributed by atoms with Crippen molar-refractivity contribution in [2.45, 2.75) is 20.8 Å². The minimum Gasteiger partial charge on any atom is -0.500 e. The molecule has 1 aromatic rings. The molecule has 0 radical (unpaired) electrons. The van der Waals surface area contributed by atoms with Gasteiger partial charge in [-0.15, -0.1) is 0 Å². The Balaban J connectivity index is 3.34. The summed E-state index contributed by atoms with van der Waals surface area (Å²) >= 11 is 5.74. The van der Waals surface area contributed by atoms with Crippen LogP contribution in [0.25, 0.3) is 0 Å².